The van der Waals surface area contributed by atoms with Gasteiger partial charge in [0.1, 0.15) is 6.23 Å². The minimum atomic E-state index is -0.0832. The van der Waals surface area contributed by atoms with E-state index >= 15 is 0 Å². The van der Waals surface area contributed by atoms with Crippen LogP contribution in [0.25, 0.3) is 0 Å². The molecule has 2 nitrogen and oxygen atoms in total. The van der Waals surface area contributed by atoms with E-state index in [1.165, 1.54) is 44.9 Å². The summed E-state index contributed by atoms with van der Waals surface area (Å²) in [6.07, 6.45) is 10.1. The summed E-state index contributed by atoms with van der Waals surface area (Å²) >= 11 is 0. The highest BCUT2D eigenvalue weighted by atomic mass is 16.5. The quantitative estimate of drug-likeness (QED) is 0.691. The standard InChI is InChI=1S/C12H23NO/c1-9(13)14-12-7-6-10-4-2-3-5-11(10)8-12/h9-12H,2-8,13H2,1H3. The van der Waals surface area contributed by atoms with E-state index in [0.717, 1.165) is 11.8 Å². The average Bonchev–Trinajstić information content (AvgIpc) is 2.17. The van der Waals surface area contributed by atoms with Gasteiger partial charge in [-0.1, -0.05) is 25.7 Å². The van der Waals surface area contributed by atoms with E-state index in [4.69, 9.17) is 10.5 Å². The van der Waals surface area contributed by atoms with Crippen LogP contribution >= 0.6 is 0 Å². The van der Waals surface area contributed by atoms with Crippen LogP contribution in [-0.4, -0.2) is 12.3 Å². The molecule has 2 heteroatoms. The summed E-state index contributed by atoms with van der Waals surface area (Å²) in [4.78, 5) is 0. The number of hydrogen-bond acceptors (Lipinski definition) is 2. The summed E-state index contributed by atoms with van der Waals surface area (Å²) < 4.78 is 5.72. The third-order valence-electron chi connectivity index (χ3n) is 3.90. The van der Waals surface area contributed by atoms with E-state index in [2.05, 4.69) is 0 Å². The van der Waals surface area contributed by atoms with Gasteiger partial charge >= 0.3 is 0 Å². The van der Waals surface area contributed by atoms with Crippen molar-refractivity contribution in [1.82, 2.24) is 0 Å². The van der Waals surface area contributed by atoms with E-state index in [0.29, 0.717) is 6.10 Å². The summed E-state index contributed by atoms with van der Waals surface area (Å²) in [5.41, 5.74) is 5.67. The predicted octanol–water partition coefficient (Wildman–Crippen LogP) is 2.67. The molecule has 0 saturated heterocycles. The first kappa shape index (κ1) is 10.4. The molecule has 2 fully saturated rings. The molecule has 2 rings (SSSR count). The van der Waals surface area contributed by atoms with E-state index in [1.54, 1.807) is 0 Å². The molecule has 0 amide bonds. The molecule has 2 N–H and O–H groups in total. The second kappa shape index (κ2) is 4.63. The first-order valence-corrected chi connectivity index (χ1v) is 6.16. The number of ether oxygens (including phenoxy) is 1. The normalized spacial score (nSPS) is 40.3. The van der Waals surface area contributed by atoms with Crippen molar-refractivity contribution in [3.05, 3.63) is 0 Å². The van der Waals surface area contributed by atoms with Gasteiger partial charge in [-0.25, -0.2) is 0 Å². The zero-order valence-electron chi connectivity index (χ0n) is 9.24. The van der Waals surface area contributed by atoms with Crippen molar-refractivity contribution >= 4 is 0 Å². The first-order chi connectivity index (χ1) is 6.75. The van der Waals surface area contributed by atoms with Crippen molar-refractivity contribution in [1.29, 1.82) is 0 Å². The Morgan fingerprint density at radius 2 is 1.79 bits per heavy atom. The molecule has 0 spiro atoms. The Morgan fingerprint density at radius 1 is 1.07 bits per heavy atom. The van der Waals surface area contributed by atoms with Gasteiger partial charge in [-0.05, 0) is 38.0 Å². The van der Waals surface area contributed by atoms with E-state index in [9.17, 15) is 0 Å². The largest absolute Gasteiger partial charge is 0.361 e. The van der Waals surface area contributed by atoms with Crippen LogP contribution in [-0.2, 0) is 4.74 Å². The summed E-state index contributed by atoms with van der Waals surface area (Å²) in [5.74, 6) is 1.96. The highest BCUT2D eigenvalue weighted by Gasteiger charge is 2.32. The van der Waals surface area contributed by atoms with Crippen molar-refractivity contribution in [2.24, 2.45) is 17.6 Å². The molecule has 4 unspecified atom stereocenters. The van der Waals surface area contributed by atoms with Crippen molar-refractivity contribution in [2.45, 2.75) is 64.2 Å². The molecule has 0 bridgehead atoms. The summed E-state index contributed by atoms with van der Waals surface area (Å²) in [6, 6.07) is 0. The number of nitrogens with two attached hydrogens (primary N) is 1. The summed E-state index contributed by atoms with van der Waals surface area (Å²) in [6.45, 7) is 1.94. The maximum absolute atomic E-state index is 5.72. The van der Waals surface area contributed by atoms with Crippen LogP contribution in [0.1, 0.15) is 51.9 Å². The van der Waals surface area contributed by atoms with Gasteiger partial charge in [0.05, 0.1) is 6.10 Å². The predicted molar refractivity (Wildman–Crippen MR) is 57.8 cm³/mol. The molecule has 14 heavy (non-hydrogen) atoms. The van der Waals surface area contributed by atoms with Gasteiger partial charge in [-0.3, -0.25) is 0 Å². The van der Waals surface area contributed by atoms with Crippen LogP contribution in [0.3, 0.4) is 0 Å². The molecule has 2 aliphatic rings. The van der Waals surface area contributed by atoms with Gasteiger partial charge in [0.15, 0.2) is 0 Å². The second-order valence-corrected chi connectivity index (χ2v) is 5.08. The molecule has 2 saturated carbocycles. The van der Waals surface area contributed by atoms with Crippen LogP contribution in [0.5, 0.6) is 0 Å². The SMILES string of the molecule is CC(N)OC1CCC2CCCCC2C1. The molecule has 0 aromatic rings. The topological polar surface area (TPSA) is 35.2 Å². The Hall–Kier alpha value is -0.0800. The number of hydrogen-bond donors (Lipinski definition) is 1. The highest BCUT2D eigenvalue weighted by molar-refractivity contribution is 4.83. The Kier molecular flexibility index (Phi) is 3.45. The van der Waals surface area contributed by atoms with Crippen molar-refractivity contribution < 1.29 is 4.74 Å². The maximum atomic E-state index is 5.72. The van der Waals surface area contributed by atoms with Gasteiger partial charge in [-0.15, -0.1) is 0 Å². The molecule has 0 heterocycles. The third kappa shape index (κ3) is 2.48. The summed E-state index contributed by atoms with van der Waals surface area (Å²) in [5, 5.41) is 0. The monoisotopic (exact) mass is 197 g/mol. The van der Waals surface area contributed by atoms with Gasteiger partial charge in [0.2, 0.25) is 0 Å². The lowest BCUT2D eigenvalue weighted by Crippen LogP contribution is -2.35. The van der Waals surface area contributed by atoms with Crippen LogP contribution in [0.4, 0.5) is 0 Å². The molecule has 4 atom stereocenters. The molecule has 0 aromatic carbocycles. The second-order valence-electron chi connectivity index (χ2n) is 5.08. The molecule has 82 valence electrons. The summed E-state index contributed by atoms with van der Waals surface area (Å²) in [7, 11) is 0. The highest BCUT2D eigenvalue weighted by Crippen LogP contribution is 2.41. The van der Waals surface area contributed by atoms with Gasteiger partial charge < -0.3 is 10.5 Å². The van der Waals surface area contributed by atoms with Gasteiger partial charge in [-0.2, -0.15) is 0 Å². The van der Waals surface area contributed by atoms with Crippen LogP contribution in [0.15, 0.2) is 0 Å². The molecular formula is C12H23NO. The van der Waals surface area contributed by atoms with Crippen LogP contribution < -0.4 is 5.73 Å². The first-order valence-electron chi connectivity index (χ1n) is 6.16. The zero-order chi connectivity index (χ0) is 9.97. The third-order valence-corrected chi connectivity index (χ3v) is 3.90. The fraction of sp³-hybridized carbons (Fsp3) is 1.00. The van der Waals surface area contributed by atoms with Crippen LogP contribution in [0.2, 0.25) is 0 Å². The van der Waals surface area contributed by atoms with E-state index in [-0.39, 0.29) is 6.23 Å². The van der Waals surface area contributed by atoms with E-state index < -0.39 is 0 Å². The molecule has 0 radical (unpaired) electrons. The van der Waals surface area contributed by atoms with Crippen molar-refractivity contribution in [2.75, 3.05) is 0 Å². The van der Waals surface area contributed by atoms with Crippen LogP contribution in [0, 0.1) is 11.8 Å². The molecule has 0 aliphatic heterocycles. The minimum Gasteiger partial charge on any atom is -0.361 e. The number of fused-ring (bicyclic) bond motifs is 1. The van der Waals surface area contributed by atoms with Gasteiger partial charge in [0, 0.05) is 0 Å². The molecule has 2 aliphatic carbocycles. The maximum Gasteiger partial charge on any atom is 0.103 e. The minimum absolute atomic E-state index is 0.0832. The lowest BCUT2D eigenvalue weighted by atomic mass is 9.70. The van der Waals surface area contributed by atoms with Crippen molar-refractivity contribution in [3.8, 4) is 0 Å². The molecular weight excluding hydrogens is 174 g/mol. The van der Waals surface area contributed by atoms with E-state index in [1.807, 2.05) is 6.92 Å². The Bertz CT molecular complexity index is 181. The lowest BCUT2D eigenvalue weighted by molar-refractivity contribution is -0.0472. The smallest absolute Gasteiger partial charge is 0.103 e. The van der Waals surface area contributed by atoms with Crippen molar-refractivity contribution in [3.63, 3.8) is 0 Å². The number of rotatable bonds is 2. The Balaban J connectivity index is 1.83. The average molecular weight is 197 g/mol. The van der Waals surface area contributed by atoms with Gasteiger partial charge in [0.25, 0.3) is 0 Å². The molecule has 0 aromatic heterocycles. The Labute approximate surface area is 87.2 Å². The Morgan fingerprint density at radius 3 is 2.50 bits per heavy atom. The lowest BCUT2D eigenvalue weighted by Gasteiger charge is -2.39. The fourth-order valence-corrected chi connectivity index (χ4v) is 3.26. The zero-order valence-corrected chi connectivity index (χ0v) is 9.24. The fourth-order valence-electron chi connectivity index (χ4n) is 3.26.